The van der Waals surface area contributed by atoms with Crippen LogP contribution in [0.2, 0.25) is 0 Å². The summed E-state index contributed by atoms with van der Waals surface area (Å²) >= 11 is 0. The summed E-state index contributed by atoms with van der Waals surface area (Å²) in [5.41, 5.74) is -4.46. The number of benzene rings is 1. The molecule has 0 aliphatic carbocycles. The van der Waals surface area contributed by atoms with Crippen LogP contribution in [0.4, 0.5) is 31.1 Å². The van der Waals surface area contributed by atoms with Crippen molar-refractivity contribution in [1.82, 2.24) is 10.6 Å². The highest BCUT2D eigenvalue weighted by molar-refractivity contribution is 5.98. The number of halogens is 6. The highest BCUT2D eigenvalue weighted by Crippen LogP contribution is 2.36. The van der Waals surface area contributed by atoms with Gasteiger partial charge in [0.1, 0.15) is 0 Å². The Labute approximate surface area is 148 Å². The molecule has 0 aromatic heterocycles. The molecule has 0 heterocycles. The van der Waals surface area contributed by atoms with Crippen molar-refractivity contribution < 1.29 is 45.5 Å². The topological polar surface area (TPSA) is 84.5 Å². The van der Waals surface area contributed by atoms with Crippen molar-refractivity contribution in [2.75, 3.05) is 6.54 Å². The monoisotopic (exact) mass is 400 g/mol. The summed E-state index contributed by atoms with van der Waals surface area (Å²) in [6.07, 6.45) is -11.9. The van der Waals surface area contributed by atoms with E-state index in [-0.39, 0.29) is 24.7 Å². The zero-order chi connectivity index (χ0) is 21.0. The van der Waals surface area contributed by atoms with Gasteiger partial charge in [-0.25, -0.2) is 9.59 Å². The second kappa shape index (κ2) is 8.27. The van der Waals surface area contributed by atoms with Gasteiger partial charge >= 0.3 is 24.4 Å². The molecule has 1 aromatic carbocycles. The Morgan fingerprint density at radius 2 is 1.48 bits per heavy atom. The molecule has 1 unspecified atom stereocenters. The number of hydrogen-bond acceptors (Lipinski definition) is 4. The summed E-state index contributed by atoms with van der Waals surface area (Å²) in [7, 11) is 0. The van der Waals surface area contributed by atoms with E-state index < -0.39 is 53.1 Å². The highest BCUT2D eigenvalue weighted by atomic mass is 19.4. The van der Waals surface area contributed by atoms with E-state index in [9.17, 15) is 40.7 Å². The second-order valence-corrected chi connectivity index (χ2v) is 5.19. The van der Waals surface area contributed by atoms with Crippen LogP contribution in [0.1, 0.15) is 35.3 Å². The Hall–Kier alpha value is -2.79. The number of alkyl halides is 6. The van der Waals surface area contributed by atoms with Gasteiger partial charge < -0.3 is 10.1 Å². The molecule has 0 bridgehead atoms. The maximum atomic E-state index is 12.8. The van der Waals surface area contributed by atoms with Gasteiger partial charge in [-0.2, -0.15) is 26.3 Å². The summed E-state index contributed by atoms with van der Waals surface area (Å²) < 4.78 is 81.2. The van der Waals surface area contributed by atoms with Crippen molar-refractivity contribution in [3.63, 3.8) is 0 Å². The number of rotatable bonds is 4. The van der Waals surface area contributed by atoms with Crippen LogP contribution in [-0.2, 0) is 21.9 Å². The number of hydrogen-bond donors (Lipinski definition) is 2. The summed E-state index contributed by atoms with van der Waals surface area (Å²) in [6.45, 7) is 2.72. The molecular weight excluding hydrogens is 386 g/mol. The molecule has 12 heteroatoms. The first-order valence-electron chi connectivity index (χ1n) is 7.34. The van der Waals surface area contributed by atoms with Crippen molar-refractivity contribution in [3.05, 3.63) is 34.9 Å². The van der Waals surface area contributed by atoms with Gasteiger partial charge in [-0.3, -0.25) is 10.1 Å². The van der Waals surface area contributed by atoms with Crippen LogP contribution in [0.3, 0.4) is 0 Å². The van der Waals surface area contributed by atoms with E-state index in [1.165, 1.54) is 0 Å². The van der Waals surface area contributed by atoms with Gasteiger partial charge in [0.2, 0.25) is 0 Å². The van der Waals surface area contributed by atoms with Gasteiger partial charge in [-0.05, 0) is 32.0 Å². The zero-order valence-corrected chi connectivity index (χ0v) is 13.9. The Balaban J connectivity index is 3.05. The summed E-state index contributed by atoms with van der Waals surface area (Å²) in [5.74, 6) is -2.71. The van der Waals surface area contributed by atoms with Gasteiger partial charge in [-0.15, -0.1) is 0 Å². The second-order valence-electron chi connectivity index (χ2n) is 5.19. The number of urea groups is 1. The molecule has 0 spiro atoms. The van der Waals surface area contributed by atoms with Crippen LogP contribution in [-0.4, -0.2) is 30.6 Å². The largest absolute Gasteiger partial charge is 0.449 e. The smallest absolute Gasteiger partial charge is 0.416 e. The predicted octanol–water partition coefficient (Wildman–Crippen LogP) is 3.12. The Kier molecular flexibility index (Phi) is 6.81. The summed E-state index contributed by atoms with van der Waals surface area (Å²) in [4.78, 5) is 34.7. The molecule has 0 saturated heterocycles. The van der Waals surface area contributed by atoms with Crippen molar-refractivity contribution in [2.45, 2.75) is 32.3 Å². The van der Waals surface area contributed by atoms with E-state index in [0.717, 1.165) is 6.92 Å². The van der Waals surface area contributed by atoms with Gasteiger partial charge in [0.25, 0.3) is 5.91 Å². The Morgan fingerprint density at radius 1 is 1.00 bits per heavy atom. The number of ether oxygens (including phenoxy) is 1. The number of imide groups is 1. The molecule has 2 N–H and O–H groups in total. The first-order chi connectivity index (χ1) is 12.3. The van der Waals surface area contributed by atoms with Crippen molar-refractivity contribution in [2.24, 2.45) is 0 Å². The lowest BCUT2D eigenvalue weighted by molar-refractivity contribution is -0.143. The number of nitrogens with one attached hydrogen (secondary N) is 2. The lowest BCUT2D eigenvalue weighted by Crippen LogP contribution is -2.44. The van der Waals surface area contributed by atoms with Crippen molar-refractivity contribution in [1.29, 1.82) is 0 Å². The molecule has 0 radical (unpaired) electrons. The van der Waals surface area contributed by atoms with Gasteiger partial charge in [0.05, 0.1) is 16.7 Å². The van der Waals surface area contributed by atoms with E-state index in [1.807, 2.05) is 0 Å². The maximum Gasteiger partial charge on any atom is 0.416 e. The molecular formula is C15H14F6N2O4. The van der Waals surface area contributed by atoms with E-state index in [4.69, 9.17) is 0 Å². The third-order valence-electron chi connectivity index (χ3n) is 3.05. The molecule has 1 rings (SSSR count). The lowest BCUT2D eigenvalue weighted by atomic mass is 10.0. The van der Waals surface area contributed by atoms with Crippen LogP contribution in [0, 0.1) is 0 Å². The minimum Gasteiger partial charge on any atom is -0.449 e. The first kappa shape index (κ1) is 22.3. The standard InChI is InChI=1S/C15H14F6N2O4/c1-3-22-13(26)23-11(24)7(2)27-12(25)8-4-9(14(16,17)18)6-10(5-8)15(19,20)21/h4-7H,3H2,1-2H3,(H2,22,23,24,26). The fraction of sp³-hybridized carbons (Fsp3) is 0.400. The van der Waals surface area contributed by atoms with E-state index in [1.54, 1.807) is 12.2 Å². The molecule has 0 aliphatic heterocycles. The van der Waals surface area contributed by atoms with E-state index >= 15 is 0 Å². The van der Waals surface area contributed by atoms with Crippen molar-refractivity contribution in [3.8, 4) is 0 Å². The SMILES string of the molecule is CCNC(=O)NC(=O)C(C)OC(=O)c1cc(C(F)(F)F)cc(C(F)(F)F)c1. The summed E-state index contributed by atoms with van der Waals surface area (Å²) in [6, 6.07) is -0.719. The normalized spacial score (nSPS) is 12.9. The number of carbonyl (C=O) groups excluding carboxylic acids is 3. The minimum absolute atomic E-state index is 0.151. The molecule has 150 valence electrons. The molecule has 0 fully saturated rings. The average molecular weight is 400 g/mol. The zero-order valence-electron chi connectivity index (χ0n) is 13.9. The fourth-order valence-electron chi connectivity index (χ4n) is 1.77. The Morgan fingerprint density at radius 3 is 1.89 bits per heavy atom. The average Bonchev–Trinajstić information content (AvgIpc) is 2.52. The molecule has 6 nitrogen and oxygen atoms in total. The quantitative estimate of drug-likeness (QED) is 0.601. The van der Waals surface area contributed by atoms with Gasteiger partial charge in [0, 0.05) is 6.54 Å². The van der Waals surface area contributed by atoms with Gasteiger partial charge in [0.15, 0.2) is 6.10 Å². The molecule has 1 aromatic rings. The van der Waals surface area contributed by atoms with Crippen LogP contribution >= 0.6 is 0 Å². The first-order valence-corrected chi connectivity index (χ1v) is 7.34. The summed E-state index contributed by atoms with van der Waals surface area (Å²) in [5, 5.41) is 3.99. The molecule has 27 heavy (non-hydrogen) atoms. The number of carbonyl (C=O) groups is 3. The molecule has 3 amide bonds. The lowest BCUT2D eigenvalue weighted by Gasteiger charge is -2.16. The Bertz CT molecular complexity index is 698. The predicted molar refractivity (Wildman–Crippen MR) is 78.5 cm³/mol. The molecule has 1 atom stereocenters. The van der Waals surface area contributed by atoms with E-state index in [2.05, 4.69) is 10.1 Å². The minimum atomic E-state index is -5.14. The maximum absolute atomic E-state index is 12.8. The van der Waals surface area contributed by atoms with Crippen LogP contribution < -0.4 is 10.6 Å². The van der Waals surface area contributed by atoms with Gasteiger partial charge in [-0.1, -0.05) is 0 Å². The van der Waals surface area contributed by atoms with Crippen LogP contribution in [0.25, 0.3) is 0 Å². The highest BCUT2D eigenvalue weighted by Gasteiger charge is 2.38. The third kappa shape index (κ3) is 6.46. The van der Waals surface area contributed by atoms with Crippen LogP contribution in [0.15, 0.2) is 18.2 Å². The fourth-order valence-corrected chi connectivity index (χ4v) is 1.77. The van der Waals surface area contributed by atoms with Crippen LogP contribution in [0.5, 0.6) is 0 Å². The number of amides is 3. The van der Waals surface area contributed by atoms with E-state index in [0.29, 0.717) is 0 Å². The van der Waals surface area contributed by atoms with Crippen molar-refractivity contribution >= 4 is 17.9 Å². The number of esters is 1. The molecule has 0 aliphatic rings. The molecule has 0 saturated carbocycles. The third-order valence-corrected chi connectivity index (χ3v) is 3.05.